The summed E-state index contributed by atoms with van der Waals surface area (Å²) in [5, 5.41) is 1.42. The molecule has 6 heteroatoms. The summed E-state index contributed by atoms with van der Waals surface area (Å²) in [7, 11) is 2.22. The Morgan fingerprint density at radius 1 is 0.703 bits per heavy atom. The van der Waals surface area contributed by atoms with Crippen molar-refractivity contribution in [2.75, 3.05) is 72.5 Å². The maximum atomic E-state index is 13.1. The van der Waals surface area contributed by atoms with Crippen LogP contribution in [0.4, 0.5) is 4.39 Å². The van der Waals surface area contributed by atoms with Gasteiger partial charge in [-0.15, -0.1) is 0 Å². The topological polar surface area (TPSA) is 17.9 Å². The van der Waals surface area contributed by atoms with Gasteiger partial charge in [0.1, 0.15) is 5.82 Å². The summed E-state index contributed by atoms with van der Waals surface area (Å²) in [6.45, 7) is 18.1. The van der Waals surface area contributed by atoms with E-state index in [2.05, 4.69) is 63.3 Å². The number of piperazine rings is 2. The Hall–Kier alpha value is -2.25. The summed E-state index contributed by atoms with van der Waals surface area (Å²) in [6, 6.07) is 14.1. The predicted octanol–water partition coefficient (Wildman–Crippen LogP) is 4.40. The minimum Gasteiger partial charge on any atom is -0.345 e. The molecular weight excluding hydrogens is 461 g/mol. The van der Waals surface area contributed by atoms with E-state index in [1.165, 1.54) is 72.4 Å². The molecule has 2 aliphatic rings. The summed E-state index contributed by atoms with van der Waals surface area (Å²) in [4.78, 5) is 10.2. The number of halogens is 1. The monoisotopic (exact) mass is 505 g/mol. The van der Waals surface area contributed by atoms with Gasteiger partial charge in [-0.3, -0.25) is 4.90 Å². The van der Waals surface area contributed by atoms with E-state index in [0.29, 0.717) is 0 Å². The largest absolute Gasteiger partial charge is 0.345 e. The number of fused-ring (bicyclic) bond motifs is 1. The summed E-state index contributed by atoms with van der Waals surface area (Å²) in [6.07, 6.45) is 2.20. The molecule has 0 atom stereocenters. The number of aryl methyl sites for hydroxylation is 2. The highest BCUT2D eigenvalue weighted by Crippen LogP contribution is 2.27. The van der Waals surface area contributed by atoms with E-state index < -0.39 is 0 Å². The zero-order chi connectivity index (χ0) is 25.8. The lowest BCUT2D eigenvalue weighted by Gasteiger charge is -2.34. The fraction of sp³-hybridized carbons (Fsp3) is 0.548. The second kappa shape index (κ2) is 12.1. The van der Waals surface area contributed by atoms with Crippen LogP contribution in [-0.4, -0.2) is 96.7 Å². The molecule has 0 aliphatic carbocycles. The average Bonchev–Trinajstić information content (AvgIpc) is 3.15. The van der Waals surface area contributed by atoms with Crippen molar-refractivity contribution in [3.63, 3.8) is 0 Å². The van der Waals surface area contributed by atoms with Gasteiger partial charge in [-0.25, -0.2) is 4.39 Å². The minimum atomic E-state index is -0.154. The molecule has 200 valence electrons. The fourth-order valence-corrected chi connectivity index (χ4v) is 5.97. The summed E-state index contributed by atoms with van der Waals surface area (Å²) in [5.41, 5.74) is 6.88. The molecule has 2 aromatic carbocycles. The molecule has 5 nitrogen and oxygen atoms in total. The van der Waals surface area contributed by atoms with Gasteiger partial charge in [-0.05, 0) is 81.2 Å². The molecule has 2 fully saturated rings. The van der Waals surface area contributed by atoms with Crippen LogP contribution < -0.4 is 0 Å². The van der Waals surface area contributed by atoms with Gasteiger partial charge in [0.2, 0.25) is 0 Å². The second-order valence-corrected chi connectivity index (χ2v) is 11.2. The zero-order valence-electron chi connectivity index (χ0n) is 23.1. The first-order chi connectivity index (χ1) is 18.0. The standard InChI is InChI=1S/C31H44FN5/c1-25-26(2)37(13-4-12-34-17-15-33(3)16-18-34)31-10-7-28(23-30(25)31)24-36-21-19-35(20-22-36)14-11-27-5-8-29(32)9-6-27/h5-10,23H,4,11-22,24H2,1-3H3. The van der Waals surface area contributed by atoms with Gasteiger partial charge in [0.25, 0.3) is 0 Å². The zero-order valence-corrected chi connectivity index (χ0v) is 23.1. The lowest BCUT2D eigenvalue weighted by Crippen LogP contribution is -2.46. The third kappa shape index (κ3) is 6.61. The van der Waals surface area contributed by atoms with Gasteiger partial charge >= 0.3 is 0 Å². The lowest BCUT2D eigenvalue weighted by atomic mass is 10.1. The van der Waals surface area contributed by atoms with Crippen molar-refractivity contribution in [1.82, 2.24) is 24.2 Å². The van der Waals surface area contributed by atoms with Crippen LogP contribution in [-0.2, 0) is 19.5 Å². The second-order valence-electron chi connectivity index (χ2n) is 11.2. The Labute approximate surface area is 222 Å². The van der Waals surface area contributed by atoms with Gasteiger partial charge in [-0.1, -0.05) is 18.2 Å². The van der Waals surface area contributed by atoms with Crippen molar-refractivity contribution < 1.29 is 4.39 Å². The lowest BCUT2D eigenvalue weighted by molar-refractivity contribution is 0.128. The number of aromatic nitrogens is 1. The Kier molecular flexibility index (Phi) is 8.60. The number of hydrogen-bond acceptors (Lipinski definition) is 4. The van der Waals surface area contributed by atoms with Crippen LogP contribution in [0, 0.1) is 19.7 Å². The van der Waals surface area contributed by atoms with E-state index in [0.717, 1.165) is 52.2 Å². The maximum absolute atomic E-state index is 13.1. The molecule has 0 unspecified atom stereocenters. The highest BCUT2D eigenvalue weighted by molar-refractivity contribution is 5.86. The molecule has 2 aliphatic heterocycles. The van der Waals surface area contributed by atoms with E-state index in [1.807, 2.05) is 12.1 Å². The number of hydrogen-bond donors (Lipinski definition) is 0. The third-order valence-corrected chi connectivity index (χ3v) is 8.66. The summed E-state index contributed by atoms with van der Waals surface area (Å²) >= 11 is 0. The molecule has 1 aromatic heterocycles. The number of rotatable bonds is 9. The Balaban J connectivity index is 1.12. The fourth-order valence-electron chi connectivity index (χ4n) is 5.97. The van der Waals surface area contributed by atoms with Crippen LogP contribution in [0.2, 0.25) is 0 Å². The molecular formula is C31H44FN5. The average molecular weight is 506 g/mol. The minimum absolute atomic E-state index is 0.154. The van der Waals surface area contributed by atoms with Crippen LogP contribution in [0.25, 0.3) is 10.9 Å². The first-order valence-corrected chi connectivity index (χ1v) is 14.1. The highest BCUT2D eigenvalue weighted by atomic mass is 19.1. The molecule has 37 heavy (non-hydrogen) atoms. The van der Waals surface area contributed by atoms with Crippen LogP contribution in [0.5, 0.6) is 0 Å². The van der Waals surface area contributed by atoms with Crippen LogP contribution in [0.15, 0.2) is 42.5 Å². The van der Waals surface area contributed by atoms with Gasteiger partial charge in [0, 0.05) is 88.6 Å². The first-order valence-electron chi connectivity index (χ1n) is 14.1. The molecule has 0 N–H and O–H groups in total. The van der Waals surface area contributed by atoms with Crippen LogP contribution >= 0.6 is 0 Å². The van der Waals surface area contributed by atoms with Gasteiger partial charge < -0.3 is 19.3 Å². The summed E-state index contributed by atoms with van der Waals surface area (Å²) in [5.74, 6) is -0.154. The number of likely N-dealkylation sites (N-methyl/N-ethyl adjacent to an activating group) is 1. The van der Waals surface area contributed by atoms with Gasteiger partial charge in [0.05, 0.1) is 0 Å². The molecule has 0 amide bonds. The van der Waals surface area contributed by atoms with Crippen molar-refractivity contribution in [1.29, 1.82) is 0 Å². The molecule has 3 aromatic rings. The number of nitrogens with zero attached hydrogens (tertiary/aromatic N) is 5. The van der Waals surface area contributed by atoms with Crippen LogP contribution in [0.1, 0.15) is 28.8 Å². The van der Waals surface area contributed by atoms with Crippen molar-refractivity contribution in [3.05, 3.63) is 70.7 Å². The van der Waals surface area contributed by atoms with Gasteiger partial charge in [0.15, 0.2) is 0 Å². The van der Waals surface area contributed by atoms with Crippen molar-refractivity contribution in [2.24, 2.45) is 0 Å². The Bertz CT molecular complexity index is 1150. The van der Waals surface area contributed by atoms with Crippen molar-refractivity contribution in [3.8, 4) is 0 Å². The Morgan fingerprint density at radius 2 is 1.32 bits per heavy atom. The normalized spacial score (nSPS) is 18.7. The van der Waals surface area contributed by atoms with Crippen molar-refractivity contribution >= 4 is 10.9 Å². The molecule has 2 saturated heterocycles. The van der Waals surface area contributed by atoms with E-state index in [1.54, 1.807) is 12.1 Å². The highest BCUT2D eigenvalue weighted by Gasteiger charge is 2.18. The predicted molar refractivity (Wildman–Crippen MR) is 152 cm³/mol. The van der Waals surface area contributed by atoms with E-state index in [4.69, 9.17) is 0 Å². The summed E-state index contributed by atoms with van der Waals surface area (Å²) < 4.78 is 15.7. The molecule has 0 radical (unpaired) electrons. The molecule has 3 heterocycles. The molecule has 0 bridgehead atoms. The van der Waals surface area contributed by atoms with E-state index in [-0.39, 0.29) is 5.82 Å². The molecule has 5 rings (SSSR count). The quantitative estimate of drug-likeness (QED) is 0.429. The maximum Gasteiger partial charge on any atom is 0.123 e. The van der Waals surface area contributed by atoms with E-state index >= 15 is 0 Å². The van der Waals surface area contributed by atoms with Gasteiger partial charge in [-0.2, -0.15) is 0 Å². The Morgan fingerprint density at radius 3 is 2.05 bits per heavy atom. The number of benzene rings is 2. The first kappa shape index (κ1) is 26.4. The SMILES string of the molecule is Cc1c(C)n(CCCN2CCN(C)CC2)c2ccc(CN3CCN(CCc4ccc(F)cc4)CC3)cc12. The van der Waals surface area contributed by atoms with E-state index in [9.17, 15) is 4.39 Å². The smallest absolute Gasteiger partial charge is 0.123 e. The van der Waals surface area contributed by atoms with Crippen LogP contribution in [0.3, 0.4) is 0 Å². The molecule has 0 spiro atoms. The third-order valence-electron chi connectivity index (χ3n) is 8.66. The molecule has 0 saturated carbocycles. The van der Waals surface area contributed by atoms with Crippen molar-refractivity contribution in [2.45, 2.75) is 39.8 Å².